The van der Waals surface area contributed by atoms with E-state index in [2.05, 4.69) is 23.8 Å². The Bertz CT molecular complexity index is 150. The highest BCUT2D eigenvalue weighted by atomic mass is 16.5. The predicted molar refractivity (Wildman–Crippen MR) is 54.5 cm³/mol. The number of rotatable bonds is 7. The fraction of sp³-hybridized carbons (Fsp3) is 0.727. The van der Waals surface area contributed by atoms with Crippen LogP contribution in [-0.2, 0) is 9.53 Å². The van der Waals surface area contributed by atoms with Gasteiger partial charge in [0.2, 0.25) is 0 Å². The average Bonchev–Trinajstić information content (AvgIpc) is 2.16. The fourth-order valence-electron chi connectivity index (χ4n) is 1.04. The van der Waals surface area contributed by atoms with Crippen LogP contribution in [-0.4, -0.2) is 13.1 Å². The number of carbonyl (C=O) groups is 1. The summed E-state index contributed by atoms with van der Waals surface area (Å²) < 4.78 is 4.54. The van der Waals surface area contributed by atoms with E-state index in [-0.39, 0.29) is 5.97 Å². The second-order valence-corrected chi connectivity index (χ2v) is 3.08. The number of esters is 1. The first-order valence-corrected chi connectivity index (χ1v) is 5.03. The van der Waals surface area contributed by atoms with E-state index in [0.717, 1.165) is 25.7 Å². The molecule has 0 N–H and O–H groups in total. The Hall–Kier alpha value is -0.790. The lowest BCUT2D eigenvalue weighted by atomic mass is 10.2. The van der Waals surface area contributed by atoms with Gasteiger partial charge in [0.05, 0.1) is 7.11 Å². The molecule has 0 bridgehead atoms. The monoisotopic (exact) mass is 184 g/mol. The molecule has 0 amide bonds. The largest absolute Gasteiger partial charge is 0.469 e. The molecule has 0 rings (SSSR count). The number of allylic oxidation sites excluding steroid dienone is 2. The van der Waals surface area contributed by atoms with Gasteiger partial charge in [-0.15, -0.1) is 0 Å². The molecule has 0 saturated carbocycles. The third-order valence-electron chi connectivity index (χ3n) is 1.85. The molecule has 0 saturated heterocycles. The average molecular weight is 184 g/mol. The molecule has 0 atom stereocenters. The highest BCUT2D eigenvalue weighted by molar-refractivity contribution is 5.68. The van der Waals surface area contributed by atoms with Crippen LogP contribution in [0.15, 0.2) is 12.2 Å². The first kappa shape index (κ1) is 12.2. The zero-order chi connectivity index (χ0) is 9.94. The zero-order valence-corrected chi connectivity index (χ0v) is 8.71. The van der Waals surface area contributed by atoms with Crippen LogP contribution in [0.25, 0.3) is 0 Å². The van der Waals surface area contributed by atoms with Crippen molar-refractivity contribution in [1.29, 1.82) is 0 Å². The Labute approximate surface area is 81.0 Å². The van der Waals surface area contributed by atoms with E-state index in [1.807, 2.05) is 0 Å². The van der Waals surface area contributed by atoms with E-state index < -0.39 is 0 Å². The van der Waals surface area contributed by atoms with Gasteiger partial charge >= 0.3 is 5.97 Å². The van der Waals surface area contributed by atoms with Crippen LogP contribution in [0, 0.1) is 0 Å². The van der Waals surface area contributed by atoms with Crippen LogP contribution < -0.4 is 0 Å². The number of carbonyl (C=O) groups excluding carboxylic acids is 1. The normalized spacial score (nSPS) is 10.6. The highest BCUT2D eigenvalue weighted by Gasteiger charge is 1.97. The van der Waals surface area contributed by atoms with E-state index in [9.17, 15) is 4.79 Å². The van der Waals surface area contributed by atoms with Gasteiger partial charge in [-0.3, -0.25) is 4.79 Å². The second-order valence-electron chi connectivity index (χ2n) is 3.08. The molecule has 0 heterocycles. The zero-order valence-electron chi connectivity index (χ0n) is 8.71. The lowest BCUT2D eigenvalue weighted by Crippen LogP contribution is -1.98. The van der Waals surface area contributed by atoms with Crippen molar-refractivity contribution in [2.45, 2.75) is 45.4 Å². The van der Waals surface area contributed by atoms with Crippen molar-refractivity contribution in [3.63, 3.8) is 0 Å². The van der Waals surface area contributed by atoms with Gasteiger partial charge in [0.1, 0.15) is 0 Å². The summed E-state index contributed by atoms with van der Waals surface area (Å²) in [6, 6.07) is 0. The molecule has 0 aromatic heterocycles. The third-order valence-corrected chi connectivity index (χ3v) is 1.85. The predicted octanol–water partition coefficient (Wildman–Crippen LogP) is 3.08. The third kappa shape index (κ3) is 9.12. The summed E-state index contributed by atoms with van der Waals surface area (Å²) in [6.45, 7) is 2.17. The molecule has 76 valence electrons. The van der Waals surface area contributed by atoms with Gasteiger partial charge in [-0.2, -0.15) is 0 Å². The molecule has 2 nitrogen and oxygen atoms in total. The Balaban J connectivity index is 3.12. The summed E-state index contributed by atoms with van der Waals surface area (Å²) in [4.78, 5) is 10.7. The van der Waals surface area contributed by atoms with Gasteiger partial charge < -0.3 is 4.74 Å². The van der Waals surface area contributed by atoms with E-state index in [4.69, 9.17) is 0 Å². The number of ether oxygens (including phenoxy) is 1. The van der Waals surface area contributed by atoms with Crippen molar-refractivity contribution in [2.75, 3.05) is 7.11 Å². The molecule has 2 heteroatoms. The van der Waals surface area contributed by atoms with Crippen LogP contribution in [0.4, 0.5) is 0 Å². The summed E-state index contributed by atoms with van der Waals surface area (Å²) >= 11 is 0. The minimum Gasteiger partial charge on any atom is -0.469 e. The topological polar surface area (TPSA) is 26.3 Å². The number of methoxy groups -OCH3 is 1. The van der Waals surface area contributed by atoms with Crippen molar-refractivity contribution in [3.05, 3.63) is 12.2 Å². The van der Waals surface area contributed by atoms with Gasteiger partial charge in [-0.1, -0.05) is 25.5 Å². The minimum absolute atomic E-state index is 0.0995. The lowest BCUT2D eigenvalue weighted by Gasteiger charge is -1.96. The number of hydrogen-bond acceptors (Lipinski definition) is 2. The Morgan fingerprint density at radius 3 is 2.54 bits per heavy atom. The molecule has 0 aromatic rings. The maximum atomic E-state index is 10.7. The van der Waals surface area contributed by atoms with E-state index >= 15 is 0 Å². The molecule has 0 unspecified atom stereocenters. The van der Waals surface area contributed by atoms with E-state index in [0.29, 0.717) is 6.42 Å². The van der Waals surface area contributed by atoms with Crippen molar-refractivity contribution < 1.29 is 9.53 Å². The molecule has 0 fully saturated rings. The summed E-state index contributed by atoms with van der Waals surface area (Å²) in [5, 5.41) is 0. The first-order valence-electron chi connectivity index (χ1n) is 5.03. The SMILES string of the molecule is CCC/C=C/CCCCC(=O)OC. The summed E-state index contributed by atoms with van der Waals surface area (Å²) in [5.41, 5.74) is 0. The van der Waals surface area contributed by atoms with Crippen LogP contribution in [0.3, 0.4) is 0 Å². The summed E-state index contributed by atoms with van der Waals surface area (Å²) in [6.07, 6.45) is 10.4. The second kappa shape index (κ2) is 9.30. The molecule has 0 aliphatic rings. The molecule has 0 radical (unpaired) electrons. The van der Waals surface area contributed by atoms with Crippen LogP contribution in [0.2, 0.25) is 0 Å². The molecule has 13 heavy (non-hydrogen) atoms. The van der Waals surface area contributed by atoms with Crippen molar-refractivity contribution in [3.8, 4) is 0 Å². The molecular weight excluding hydrogens is 164 g/mol. The maximum Gasteiger partial charge on any atom is 0.305 e. The van der Waals surface area contributed by atoms with Gasteiger partial charge in [0.25, 0.3) is 0 Å². The first-order chi connectivity index (χ1) is 6.31. The van der Waals surface area contributed by atoms with Crippen molar-refractivity contribution in [2.24, 2.45) is 0 Å². The molecule has 0 aliphatic carbocycles. The van der Waals surface area contributed by atoms with Crippen LogP contribution in [0.1, 0.15) is 45.4 Å². The Morgan fingerprint density at radius 2 is 1.92 bits per heavy atom. The van der Waals surface area contributed by atoms with Gasteiger partial charge in [0, 0.05) is 6.42 Å². The smallest absolute Gasteiger partial charge is 0.305 e. The maximum absolute atomic E-state index is 10.7. The van der Waals surface area contributed by atoms with E-state index in [1.165, 1.54) is 13.5 Å². The highest BCUT2D eigenvalue weighted by Crippen LogP contribution is 2.02. The van der Waals surface area contributed by atoms with Gasteiger partial charge in [0.15, 0.2) is 0 Å². The van der Waals surface area contributed by atoms with Crippen LogP contribution in [0.5, 0.6) is 0 Å². The van der Waals surface area contributed by atoms with Crippen molar-refractivity contribution in [1.82, 2.24) is 0 Å². The lowest BCUT2D eigenvalue weighted by molar-refractivity contribution is -0.140. The van der Waals surface area contributed by atoms with Crippen LogP contribution >= 0.6 is 0 Å². The Morgan fingerprint density at radius 1 is 1.23 bits per heavy atom. The minimum atomic E-state index is -0.0995. The molecule has 0 aliphatic heterocycles. The van der Waals surface area contributed by atoms with Gasteiger partial charge in [-0.25, -0.2) is 0 Å². The molecule has 0 spiro atoms. The Kier molecular flexibility index (Phi) is 8.73. The molecular formula is C11H20O2. The van der Waals surface area contributed by atoms with Crippen molar-refractivity contribution >= 4 is 5.97 Å². The molecule has 0 aromatic carbocycles. The summed E-state index contributed by atoms with van der Waals surface area (Å²) in [5.74, 6) is -0.0995. The number of hydrogen-bond donors (Lipinski definition) is 0. The standard InChI is InChI=1S/C11H20O2/c1-3-4-5-6-7-8-9-10-11(12)13-2/h5-6H,3-4,7-10H2,1-2H3/b6-5+. The summed E-state index contributed by atoms with van der Waals surface area (Å²) in [7, 11) is 1.43. The number of unbranched alkanes of at least 4 members (excludes halogenated alkanes) is 3. The van der Waals surface area contributed by atoms with Gasteiger partial charge in [-0.05, 0) is 25.7 Å². The quantitative estimate of drug-likeness (QED) is 0.345. The van der Waals surface area contributed by atoms with E-state index in [1.54, 1.807) is 0 Å². The fourth-order valence-corrected chi connectivity index (χ4v) is 1.04.